The van der Waals surface area contributed by atoms with Gasteiger partial charge in [-0.1, -0.05) is 0 Å². The van der Waals surface area contributed by atoms with Crippen LogP contribution in [0.1, 0.15) is 15.9 Å². The lowest BCUT2D eigenvalue weighted by molar-refractivity contribution is 0.102. The second-order valence-corrected chi connectivity index (χ2v) is 4.18. The topological polar surface area (TPSA) is 75.3 Å². The van der Waals surface area contributed by atoms with Crippen LogP contribution < -0.4 is 11.1 Å². The van der Waals surface area contributed by atoms with E-state index in [0.29, 0.717) is 16.8 Å². The fraction of sp³-hybridized carbons (Fsp3) is 0.0714. The van der Waals surface area contributed by atoms with E-state index in [1.54, 1.807) is 6.92 Å². The van der Waals surface area contributed by atoms with Gasteiger partial charge in [0.15, 0.2) is 0 Å². The molecular formula is C14H13FN2O2. The molecule has 0 aliphatic carbocycles. The van der Waals surface area contributed by atoms with Crippen LogP contribution in [0.15, 0.2) is 36.4 Å². The largest absolute Gasteiger partial charge is 0.508 e. The number of carbonyl (C=O) groups excluding carboxylic acids is 1. The Morgan fingerprint density at radius 3 is 2.63 bits per heavy atom. The number of nitrogen functional groups attached to an aromatic ring is 1. The molecule has 0 aliphatic rings. The number of anilines is 2. The number of amides is 1. The monoisotopic (exact) mass is 260 g/mol. The van der Waals surface area contributed by atoms with Crippen molar-refractivity contribution in [2.24, 2.45) is 0 Å². The Kier molecular flexibility index (Phi) is 3.37. The van der Waals surface area contributed by atoms with E-state index in [2.05, 4.69) is 5.32 Å². The molecule has 2 aromatic rings. The zero-order chi connectivity index (χ0) is 14.0. The molecule has 5 heteroatoms. The standard InChI is InChI=1S/C14H13FN2O2/c1-8-6-9(15)2-4-11(8)14(19)17-13-5-3-10(18)7-12(13)16/h2-7,18H,16H2,1H3,(H,17,19). The SMILES string of the molecule is Cc1cc(F)ccc1C(=O)Nc1ccc(O)cc1N. The maximum Gasteiger partial charge on any atom is 0.255 e. The van der Waals surface area contributed by atoms with Crippen molar-refractivity contribution in [1.82, 2.24) is 0 Å². The van der Waals surface area contributed by atoms with E-state index in [-0.39, 0.29) is 17.3 Å². The van der Waals surface area contributed by atoms with E-state index in [9.17, 15) is 14.3 Å². The normalized spacial score (nSPS) is 10.2. The molecule has 0 atom stereocenters. The Balaban J connectivity index is 2.25. The maximum atomic E-state index is 13.0. The minimum absolute atomic E-state index is 0.0217. The first-order valence-corrected chi connectivity index (χ1v) is 5.63. The van der Waals surface area contributed by atoms with Gasteiger partial charge in [-0.05, 0) is 42.8 Å². The number of nitrogens with one attached hydrogen (secondary N) is 1. The zero-order valence-corrected chi connectivity index (χ0v) is 10.3. The first kappa shape index (κ1) is 12.9. The summed E-state index contributed by atoms with van der Waals surface area (Å²) >= 11 is 0. The van der Waals surface area contributed by atoms with Crippen molar-refractivity contribution in [1.29, 1.82) is 0 Å². The summed E-state index contributed by atoms with van der Waals surface area (Å²) in [7, 11) is 0. The van der Waals surface area contributed by atoms with Gasteiger partial charge in [0, 0.05) is 11.6 Å². The number of carbonyl (C=O) groups is 1. The van der Waals surface area contributed by atoms with Crippen molar-refractivity contribution < 1.29 is 14.3 Å². The summed E-state index contributed by atoms with van der Waals surface area (Å²) in [5.74, 6) is -0.749. The lowest BCUT2D eigenvalue weighted by atomic mass is 10.1. The first-order chi connectivity index (χ1) is 8.97. The number of nitrogens with two attached hydrogens (primary N) is 1. The average Bonchev–Trinajstić information content (AvgIpc) is 2.32. The number of rotatable bonds is 2. The second kappa shape index (κ2) is 4.97. The molecule has 0 saturated heterocycles. The highest BCUT2D eigenvalue weighted by Crippen LogP contribution is 2.24. The number of halogens is 1. The minimum Gasteiger partial charge on any atom is -0.508 e. The molecule has 0 radical (unpaired) electrons. The number of phenolic OH excluding ortho intramolecular Hbond substituents is 1. The van der Waals surface area contributed by atoms with Crippen molar-refractivity contribution >= 4 is 17.3 Å². The third kappa shape index (κ3) is 2.82. The lowest BCUT2D eigenvalue weighted by Crippen LogP contribution is -2.14. The molecule has 0 bridgehead atoms. The van der Waals surface area contributed by atoms with Crippen LogP contribution in [0.2, 0.25) is 0 Å². The first-order valence-electron chi connectivity index (χ1n) is 5.63. The number of hydrogen-bond acceptors (Lipinski definition) is 3. The van der Waals surface area contributed by atoms with Crippen LogP contribution in [-0.2, 0) is 0 Å². The van der Waals surface area contributed by atoms with Crippen molar-refractivity contribution in [2.45, 2.75) is 6.92 Å². The molecule has 98 valence electrons. The van der Waals surface area contributed by atoms with Gasteiger partial charge < -0.3 is 16.2 Å². The summed E-state index contributed by atoms with van der Waals surface area (Å²) in [6.45, 7) is 1.65. The molecule has 2 aromatic carbocycles. The molecule has 0 aromatic heterocycles. The van der Waals surface area contributed by atoms with Gasteiger partial charge in [0.2, 0.25) is 0 Å². The molecule has 4 N–H and O–H groups in total. The van der Waals surface area contributed by atoms with E-state index in [1.807, 2.05) is 0 Å². The summed E-state index contributed by atoms with van der Waals surface area (Å²) in [5, 5.41) is 11.8. The lowest BCUT2D eigenvalue weighted by Gasteiger charge is -2.10. The highest BCUT2D eigenvalue weighted by Gasteiger charge is 2.11. The molecule has 0 saturated carbocycles. The molecule has 0 heterocycles. The summed E-state index contributed by atoms with van der Waals surface area (Å²) < 4.78 is 13.0. The van der Waals surface area contributed by atoms with Gasteiger partial charge in [-0.15, -0.1) is 0 Å². The Morgan fingerprint density at radius 2 is 2.00 bits per heavy atom. The Labute approximate surface area is 109 Å². The zero-order valence-electron chi connectivity index (χ0n) is 10.3. The van der Waals surface area contributed by atoms with E-state index in [4.69, 9.17) is 5.73 Å². The van der Waals surface area contributed by atoms with Crippen LogP contribution in [0.4, 0.5) is 15.8 Å². The summed E-state index contributed by atoms with van der Waals surface area (Å²) in [6, 6.07) is 8.19. The Hall–Kier alpha value is -2.56. The second-order valence-electron chi connectivity index (χ2n) is 4.18. The smallest absolute Gasteiger partial charge is 0.255 e. The predicted molar refractivity (Wildman–Crippen MR) is 71.6 cm³/mol. The molecule has 19 heavy (non-hydrogen) atoms. The molecule has 4 nitrogen and oxygen atoms in total. The van der Waals surface area contributed by atoms with E-state index >= 15 is 0 Å². The molecule has 0 unspecified atom stereocenters. The fourth-order valence-corrected chi connectivity index (χ4v) is 1.74. The summed E-state index contributed by atoms with van der Waals surface area (Å²) in [5.41, 5.74) is 7.23. The molecule has 0 fully saturated rings. The highest BCUT2D eigenvalue weighted by atomic mass is 19.1. The highest BCUT2D eigenvalue weighted by molar-refractivity contribution is 6.06. The fourth-order valence-electron chi connectivity index (χ4n) is 1.74. The molecule has 1 amide bonds. The van der Waals surface area contributed by atoms with Gasteiger partial charge in [0.05, 0.1) is 11.4 Å². The van der Waals surface area contributed by atoms with Gasteiger partial charge in [-0.2, -0.15) is 0 Å². The van der Waals surface area contributed by atoms with Crippen LogP contribution in [0.3, 0.4) is 0 Å². The quantitative estimate of drug-likeness (QED) is 0.574. The van der Waals surface area contributed by atoms with Gasteiger partial charge >= 0.3 is 0 Å². The molecule has 0 spiro atoms. The number of aromatic hydroxyl groups is 1. The van der Waals surface area contributed by atoms with E-state index in [0.717, 1.165) is 0 Å². The van der Waals surface area contributed by atoms with Gasteiger partial charge in [0.1, 0.15) is 11.6 Å². The Morgan fingerprint density at radius 1 is 1.26 bits per heavy atom. The molecular weight excluding hydrogens is 247 g/mol. The van der Waals surface area contributed by atoms with Crippen molar-refractivity contribution in [3.05, 3.63) is 53.3 Å². The van der Waals surface area contributed by atoms with Gasteiger partial charge in [0.25, 0.3) is 5.91 Å². The van der Waals surface area contributed by atoms with Crippen molar-refractivity contribution in [3.63, 3.8) is 0 Å². The Bertz CT molecular complexity index is 641. The summed E-state index contributed by atoms with van der Waals surface area (Å²) in [6.07, 6.45) is 0. The van der Waals surface area contributed by atoms with Crippen LogP contribution in [0.25, 0.3) is 0 Å². The average molecular weight is 260 g/mol. The van der Waals surface area contributed by atoms with Crippen LogP contribution in [0.5, 0.6) is 5.75 Å². The number of hydrogen-bond donors (Lipinski definition) is 3. The number of benzene rings is 2. The minimum atomic E-state index is -0.391. The number of phenols is 1. The van der Waals surface area contributed by atoms with Crippen molar-refractivity contribution in [3.8, 4) is 5.75 Å². The van der Waals surface area contributed by atoms with Gasteiger partial charge in [-0.3, -0.25) is 4.79 Å². The van der Waals surface area contributed by atoms with E-state index in [1.165, 1.54) is 36.4 Å². The van der Waals surface area contributed by atoms with E-state index < -0.39 is 5.82 Å². The van der Waals surface area contributed by atoms with Crippen LogP contribution in [0, 0.1) is 12.7 Å². The maximum absolute atomic E-state index is 13.0. The third-order valence-corrected chi connectivity index (χ3v) is 2.72. The number of aryl methyl sites for hydroxylation is 1. The third-order valence-electron chi connectivity index (χ3n) is 2.72. The van der Waals surface area contributed by atoms with Crippen molar-refractivity contribution in [2.75, 3.05) is 11.1 Å². The molecule has 2 rings (SSSR count). The summed E-state index contributed by atoms with van der Waals surface area (Å²) in [4.78, 5) is 12.0. The van der Waals surface area contributed by atoms with Crippen LogP contribution in [-0.4, -0.2) is 11.0 Å². The molecule has 0 aliphatic heterocycles. The predicted octanol–water partition coefficient (Wildman–Crippen LogP) is 2.67. The van der Waals surface area contributed by atoms with Crippen LogP contribution >= 0.6 is 0 Å². The van der Waals surface area contributed by atoms with Gasteiger partial charge in [-0.25, -0.2) is 4.39 Å².